The van der Waals surface area contributed by atoms with Gasteiger partial charge in [0.25, 0.3) is 0 Å². The summed E-state index contributed by atoms with van der Waals surface area (Å²) in [4.78, 5) is 8.69. The molecule has 0 amide bonds. The van der Waals surface area contributed by atoms with Gasteiger partial charge in [0.05, 0.1) is 11.4 Å². The summed E-state index contributed by atoms with van der Waals surface area (Å²) < 4.78 is 0. The Morgan fingerprint density at radius 2 is 1.94 bits per heavy atom. The van der Waals surface area contributed by atoms with Crippen molar-refractivity contribution in [2.75, 3.05) is 12.3 Å². The Balaban J connectivity index is 2.16. The SMILES string of the molecule is Nc1nc2c(c(-c3ccc(Cl)cc3)n1)CNCC2. The average molecular weight is 261 g/mol. The number of hydrogen-bond acceptors (Lipinski definition) is 4. The van der Waals surface area contributed by atoms with Crippen molar-refractivity contribution < 1.29 is 0 Å². The van der Waals surface area contributed by atoms with E-state index in [1.165, 1.54) is 0 Å². The van der Waals surface area contributed by atoms with Crippen LogP contribution in [0.5, 0.6) is 0 Å². The van der Waals surface area contributed by atoms with E-state index in [1.807, 2.05) is 24.3 Å². The molecule has 0 aliphatic carbocycles. The van der Waals surface area contributed by atoms with E-state index in [0.29, 0.717) is 11.0 Å². The van der Waals surface area contributed by atoms with E-state index in [1.54, 1.807) is 0 Å². The molecule has 0 saturated carbocycles. The van der Waals surface area contributed by atoms with Crippen LogP contribution in [-0.4, -0.2) is 16.5 Å². The molecule has 2 aromatic rings. The summed E-state index contributed by atoms with van der Waals surface area (Å²) >= 11 is 5.90. The standard InChI is InChI=1S/C13H13ClN4/c14-9-3-1-8(2-4-9)12-10-7-16-6-5-11(10)17-13(15)18-12/h1-4,16H,5-7H2,(H2,15,17,18). The van der Waals surface area contributed by atoms with Crippen molar-refractivity contribution in [3.63, 3.8) is 0 Å². The van der Waals surface area contributed by atoms with Crippen molar-refractivity contribution in [3.8, 4) is 11.3 Å². The van der Waals surface area contributed by atoms with Crippen LogP contribution < -0.4 is 11.1 Å². The first-order valence-corrected chi connectivity index (χ1v) is 6.24. The molecular weight excluding hydrogens is 248 g/mol. The molecule has 0 spiro atoms. The van der Waals surface area contributed by atoms with Crippen LogP contribution in [0.25, 0.3) is 11.3 Å². The van der Waals surface area contributed by atoms with E-state index in [9.17, 15) is 0 Å². The van der Waals surface area contributed by atoms with E-state index < -0.39 is 0 Å². The highest BCUT2D eigenvalue weighted by atomic mass is 35.5. The van der Waals surface area contributed by atoms with Gasteiger partial charge in [-0.05, 0) is 12.1 Å². The number of benzene rings is 1. The molecule has 0 fully saturated rings. The molecule has 5 heteroatoms. The van der Waals surface area contributed by atoms with Gasteiger partial charge >= 0.3 is 0 Å². The predicted octanol–water partition coefficient (Wildman–Crippen LogP) is 2.02. The van der Waals surface area contributed by atoms with Crippen molar-refractivity contribution in [3.05, 3.63) is 40.5 Å². The highest BCUT2D eigenvalue weighted by Gasteiger charge is 2.17. The topological polar surface area (TPSA) is 63.8 Å². The van der Waals surface area contributed by atoms with Gasteiger partial charge in [-0.2, -0.15) is 0 Å². The quantitative estimate of drug-likeness (QED) is 0.824. The molecule has 0 atom stereocenters. The molecule has 0 unspecified atom stereocenters. The van der Waals surface area contributed by atoms with E-state index in [2.05, 4.69) is 15.3 Å². The Morgan fingerprint density at radius 3 is 2.72 bits per heavy atom. The zero-order valence-corrected chi connectivity index (χ0v) is 10.5. The van der Waals surface area contributed by atoms with Gasteiger partial charge in [0.2, 0.25) is 5.95 Å². The summed E-state index contributed by atoms with van der Waals surface area (Å²) in [5.41, 5.74) is 9.89. The fourth-order valence-electron chi connectivity index (χ4n) is 2.21. The maximum atomic E-state index is 5.90. The molecule has 2 heterocycles. The third-order valence-electron chi connectivity index (χ3n) is 3.07. The number of nitrogens with zero attached hydrogens (tertiary/aromatic N) is 2. The third-order valence-corrected chi connectivity index (χ3v) is 3.32. The molecule has 4 nitrogen and oxygen atoms in total. The number of rotatable bonds is 1. The van der Waals surface area contributed by atoms with Crippen molar-refractivity contribution in [1.82, 2.24) is 15.3 Å². The number of nitrogen functional groups attached to an aromatic ring is 1. The summed E-state index contributed by atoms with van der Waals surface area (Å²) in [6.45, 7) is 1.72. The first kappa shape index (κ1) is 11.4. The number of fused-ring (bicyclic) bond motifs is 1. The second kappa shape index (κ2) is 4.55. The first-order valence-electron chi connectivity index (χ1n) is 5.86. The van der Waals surface area contributed by atoms with Crippen LogP contribution in [0, 0.1) is 0 Å². The maximum absolute atomic E-state index is 5.90. The van der Waals surface area contributed by atoms with E-state index in [4.69, 9.17) is 17.3 Å². The molecule has 0 saturated heterocycles. The molecule has 92 valence electrons. The summed E-state index contributed by atoms with van der Waals surface area (Å²) in [5.74, 6) is 0.334. The van der Waals surface area contributed by atoms with Crippen LogP contribution >= 0.6 is 11.6 Å². The largest absolute Gasteiger partial charge is 0.368 e. The number of halogens is 1. The van der Waals surface area contributed by atoms with Crippen molar-refractivity contribution >= 4 is 17.5 Å². The monoisotopic (exact) mass is 260 g/mol. The molecule has 1 aliphatic heterocycles. The molecule has 0 radical (unpaired) electrons. The molecule has 1 aliphatic rings. The van der Waals surface area contributed by atoms with Crippen LogP contribution in [0.15, 0.2) is 24.3 Å². The Morgan fingerprint density at radius 1 is 1.17 bits per heavy atom. The minimum atomic E-state index is 0.334. The van der Waals surface area contributed by atoms with Gasteiger partial charge in [0, 0.05) is 35.7 Å². The lowest BCUT2D eigenvalue weighted by Crippen LogP contribution is -2.26. The Labute approximate surface area is 110 Å². The van der Waals surface area contributed by atoms with Gasteiger partial charge in [0.15, 0.2) is 0 Å². The minimum Gasteiger partial charge on any atom is -0.368 e. The maximum Gasteiger partial charge on any atom is 0.220 e. The summed E-state index contributed by atoms with van der Waals surface area (Å²) in [6, 6.07) is 7.63. The van der Waals surface area contributed by atoms with Gasteiger partial charge in [-0.25, -0.2) is 9.97 Å². The molecule has 1 aromatic carbocycles. The van der Waals surface area contributed by atoms with Gasteiger partial charge < -0.3 is 11.1 Å². The van der Waals surface area contributed by atoms with Gasteiger partial charge in [-0.3, -0.25) is 0 Å². The van der Waals surface area contributed by atoms with Crippen LogP contribution in [0.1, 0.15) is 11.3 Å². The van der Waals surface area contributed by atoms with Gasteiger partial charge in [-0.1, -0.05) is 23.7 Å². The number of nitrogens with one attached hydrogen (secondary N) is 1. The molecule has 18 heavy (non-hydrogen) atoms. The number of nitrogens with two attached hydrogens (primary N) is 1. The summed E-state index contributed by atoms with van der Waals surface area (Å²) in [7, 11) is 0. The van der Waals surface area contributed by atoms with Crippen LogP contribution in [0.4, 0.5) is 5.95 Å². The molecule has 3 rings (SSSR count). The van der Waals surface area contributed by atoms with Crippen LogP contribution in [0.3, 0.4) is 0 Å². The number of anilines is 1. The fourth-order valence-corrected chi connectivity index (χ4v) is 2.33. The molecule has 3 N–H and O–H groups in total. The summed E-state index contributed by atoms with van der Waals surface area (Å²) in [6.07, 6.45) is 0.892. The predicted molar refractivity (Wildman–Crippen MR) is 72.3 cm³/mol. The zero-order chi connectivity index (χ0) is 12.5. The minimum absolute atomic E-state index is 0.334. The number of hydrogen-bond donors (Lipinski definition) is 2. The lowest BCUT2D eigenvalue weighted by Gasteiger charge is -2.19. The molecule has 1 aromatic heterocycles. The average Bonchev–Trinajstić information content (AvgIpc) is 2.38. The first-order chi connectivity index (χ1) is 8.74. The van der Waals surface area contributed by atoms with Crippen molar-refractivity contribution in [2.45, 2.75) is 13.0 Å². The fraction of sp³-hybridized carbons (Fsp3) is 0.231. The lowest BCUT2D eigenvalue weighted by molar-refractivity contribution is 0.629. The highest BCUT2D eigenvalue weighted by molar-refractivity contribution is 6.30. The smallest absolute Gasteiger partial charge is 0.220 e. The summed E-state index contributed by atoms with van der Waals surface area (Å²) in [5, 5.41) is 4.05. The van der Waals surface area contributed by atoms with Crippen molar-refractivity contribution in [2.24, 2.45) is 0 Å². The van der Waals surface area contributed by atoms with Gasteiger partial charge in [-0.15, -0.1) is 0 Å². The van der Waals surface area contributed by atoms with E-state index in [0.717, 1.165) is 42.0 Å². The third kappa shape index (κ3) is 2.05. The zero-order valence-electron chi connectivity index (χ0n) is 9.78. The molecular formula is C13H13ClN4. The van der Waals surface area contributed by atoms with E-state index in [-0.39, 0.29) is 0 Å². The van der Waals surface area contributed by atoms with Gasteiger partial charge in [0.1, 0.15) is 0 Å². The van der Waals surface area contributed by atoms with Crippen LogP contribution in [-0.2, 0) is 13.0 Å². The number of aromatic nitrogens is 2. The highest BCUT2D eigenvalue weighted by Crippen LogP contribution is 2.27. The second-order valence-electron chi connectivity index (χ2n) is 4.29. The van der Waals surface area contributed by atoms with E-state index >= 15 is 0 Å². The Kier molecular flexibility index (Phi) is 2.89. The lowest BCUT2D eigenvalue weighted by atomic mass is 10.0. The Hall–Kier alpha value is -1.65. The normalized spacial score (nSPS) is 14.3. The second-order valence-corrected chi connectivity index (χ2v) is 4.73. The molecule has 0 bridgehead atoms. The van der Waals surface area contributed by atoms with Crippen LogP contribution in [0.2, 0.25) is 5.02 Å². The van der Waals surface area contributed by atoms with Crippen molar-refractivity contribution in [1.29, 1.82) is 0 Å². The Bertz CT molecular complexity index is 580.